The van der Waals surface area contributed by atoms with E-state index in [4.69, 9.17) is 5.26 Å². The first-order chi connectivity index (χ1) is 14.5. The summed E-state index contributed by atoms with van der Waals surface area (Å²) >= 11 is 0. The minimum atomic E-state index is -0.167. The number of nitrogens with one attached hydrogen (secondary N) is 1. The van der Waals surface area contributed by atoms with Gasteiger partial charge in [0.05, 0.1) is 30.6 Å². The zero-order chi connectivity index (χ0) is 21.3. The number of anilines is 1. The Kier molecular flexibility index (Phi) is 5.12. The quantitative estimate of drug-likeness (QED) is 0.501. The zero-order valence-corrected chi connectivity index (χ0v) is 16.9. The second kappa shape index (κ2) is 7.88. The van der Waals surface area contributed by atoms with E-state index in [0.29, 0.717) is 22.7 Å². The van der Waals surface area contributed by atoms with Crippen molar-refractivity contribution in [2.24, 2.45) is 0 Å². The first-order valence-corrected chi connectivity index (χ1v) is 9.54. The molecule has 0 aliphatic rings. The van der Waals surface area contributed by atoms with E-state index >= 15 is 0 Å². The van der Waals surface area contributed by atoms with Gasteiger partial charge in [0.25, 0.3) is 0 Å². The molecular weight excluding hydrogens is 382 g/mol. The van der Waals surface area contributed by atoms with Crippen molar-refractivity contribution in [3.63, 3.8) is 0 Å². The molecule has 0 aliphatic carbocycles. The molecule has 0 spiro atoms. The molecule has 0 bridgehead atoms. The lowest BCUT2D eigenvalue weighted by Gasteiger charge is -2.15. The third-order valence-corrected chi connectivity index (χ3v) is 4.59. The van der Waals surface area contributed by atoms with E-state index in [9.17, 15) is 5.11 Å². The fourth-order valence-corrected chi connectivity index (χ4v) is 3.04. The van der Waals surface area contributed by atoms with Gasteiger partial charge in [-0.2, -0.15) is 15.0 Å². The van der Waals surface area contributed by atoms with Gasteiger partial charge in [0.1, 0.15) is 11.8 Å². The summed E-state index contributed by atoms with van der Waals surface area (Å²) in [5.74, 6) is 0.588. The number of rotatable bonds is 6. The molecule has 0 amide bonds. The number of aliphatic hydroxyl groups is 1. The van der Waals surface area contributed by atoms with E-state index in [1.165, 1.54) is 6.20 Å². The molecule has 4 aromatic heterocycles. The van der Waals surface area contributed by atoms with Crippen molar-refractivity contribution >= 4 is 16.7 Å². The molecular formula is C20H21N9O. The van der Waals surface area contributed by atoms with Gasteiger partial charge in [-0.25, -0.2) is 14.6 Å². The number of hydrogen-bond donors (Lipinski definition) is 2. The van der Waals surface area contributed by atoms with Crippen LogP contribution in [-0.4, -0.2) is 52.5 Å². The van der Waals surface area contributed by atoms with Gasteiger partial charge in [0, 0.05) is 41.1 Å². The van der Waals surface area contributed by atoms with Crippen LogP contribution in [0.25, 0.3) is 28.1 Å². The Morgan fingerprint density at radius 2 is 2.00 bits per heavy atom. The maximum atomic E-state index is 9.36. The van der Waals surface area contributed by atoms with Gasteiger partial charge in [-0.3, -0.25) is 0 Å². The average molecular weight is 403 g/mol. The molecule has 152 valence electrons. The zero-order valence-electron chi connectivity index (χ0n) is 16.9. The smallest absolute Gasteiger partial charge is 0.164 e. The molecule has 0 fully saturated rings. The molecule has 0 radical (unpaired) electrons. The Bertz CT molecular complexity index is 1230. The first kappa shape index (κ1) is 19.5. The minimum absolute atomic E-state index is 0.0238. The van der Waals surface area contributed by atoms with Gasteiger partial charge in [-0.15, -0.1) is 5.10 Å². The van der Waals surface area contributed by atoms with Crippen molar-refractivity contribution in [3.8, 4) is 23.1 Å². The SMILES string of the molecule is CC(C)Nc1cc(-n2ncc3cc(C#N)cnc32)ncc1-c1cn([C@@H](C)CO)nn1. The Morgan fingerprint density at radius 1 is 1.17 bits per heavy atom. The normalized spacial score (nSPS) is 12.3. The van der Waals surface area contributed by atoms with Crippen LogP contribution < -0.4 is 5.32 Å². The van der Waals surface area contributed by atoms with Crippen LogP contribution in [0.5, 0.6) is 0 Å². The second-order valence-corrected chi connectivity index (χ2v) is 7.31. The van der Waals surface area contributed by atoms with Gasteiger partial charge in [-0.1, -0.05) is 5.21 Å². The second-order valence-electron chi connectivity index (χ2n) is 7.31. The van der Waals surface area contributed by atoms with E-state index in [2.05, 4.69) is 36.8 Å². The van der Waals surface area contributed by atoms with Crippen molar-refractivity contribution in [3.05, 3.63) is 42.5 Å². The number of nitrogens with zero attached hydrogens (tertiary/aromatic N) is 8. The van der Waals surface area contributed by atoms with Crippen LogP contribution in [0.15, 0.2) is 36.9 Å². The Hall–Kier alpha value is -3.84. The molecule has 10 heteroatoms. The number of aromatic nitrogens is 7. The van der Waals surface area contributed by atoms with Crippen LogP contribution in [0.4, 0.5) is 5.69 Å². The average Bonchev–Trinajstić information content (AvgIpc) is 3.39. The van der Waals surface area contributed by atoms with Crippen LogP contribution in [0, 0.1) is 11.3 Å². The lowest BCUT2D eigenvalue weighted by atomic mass is 10.1. The van der Waals surface area contributed by atoms with Crippen LogP contribution >= 0.6 is 0 Å². The molecule has 0 aliphatic heterocycles. The van der Waals surface area contributed by atoms with Crippen molar-refractivity contribution < 1.29 is 5.11 Å². The Morgan fingerprint density at radius 3 is 2.73 bits per heavy atom. The lowest BCUT2D eigenvalue weighted by molar-refractivity contribution is 0.228. The van der Waals surface area contributed by atoms with Gasteiger partial charge >= 0.3 is 0 Å². The number of pyridine rings is 2. The molecule has 2 N–H and O–H groups in total. The predicted octanol–water partition coefficient (Wildman–Crippen LogP) is 2.32. The number of hydrogen-bond acceptors (Lipinski definition) is 8. The van der Waals surface area contributed by atoms with Crippen molar-refractivity contribution in [2.75, 3.05) is 11.9 Å². The van der Waals surface area contributed by atoms with E-state index in [1.807, 2.05) is 26.8 Å². The molecule has 0 saturated carbocycles. The van der Waals surface area contributed by atoms with Crippen molar-refractivity contribution in [2.45, 2.75) is 32.9 Å². The maximum absolute atomic E-state index is 9.36. The van der Waals surface area contributed by atoms with Crippen molar-refractivity contribution in [1.29, 1.82) is 5.26 Å². The van der Waals surface area contributed by atoms with Gasteiger partial charge in [0.15, 0.2) is 11.5 Å². The monoisotopic (exact) mass is 403 g/mol. The van der Waals surface area contributed by atoms with Crippen LogP contribution in [0.2, 0.25) is 0 Å². The highest BCUT2D eigenvalue weighted by atomic mass is 16.3. The standard InChI is InChI=1S/C20H21N9O/c1-12(2)25-17-5-19(29-20-15(8-24-29)4-14(6-21)7-23-20)22-9-16(17)18-10-28(27-26-18)13(3)11-30/h4-5,7-10,12-13,30H,11H2,1-3H3,(H,22,25)/t13-/m0/s1. The summed E-state index contributed by atoms with van der Waals surface area (Å²) in [5.41, 5.74) is 3.37. The van der Waals surface area contributed by atoms with Crippen molar-refractivity contribution in [1.82, 2.24) is 34.7 Å². The summed E-state index contributed by atoms with van der Waals surface area (Å²) in [6, 6.07) is 5.72. The molecule has 30 heavy (non-hydrogen) atoms. The summed E-state index contributed by atoms with van der Waals surface area (Å²) in [6.07, 6.45) is 6.69. The summed E-state index contributed by atoms with van der Waals surface area (Å²) in [4.78, 5) is 8.92. The predicted molar refractivity (Wildman–Crippen MR) is 111 cm³/mol. The first-order valence-electron chi connectivity index (χ1n) is 9.54. The molecule has 0 saturated heterocycles. The molecule has 4 heterocycles. The number of aliphatic hydroxyl groups excluding tert-OH is 1. The molecule has 10 nitrogen and oxygen atoms in total. The molecule has 0 unspecified atom stereocenters. The fraction of sp³-hybridized carbons (Fsp3) is 0.300. The van der Waals surface area contributed by atoms with Gasteiger partial charge in [0.2, 0.25) is 0 Å². The highest BCUT2D eigenvalue weighted by molar-refractivity contribution is 5.79. The maximum Gasteiger partial charge on any atom is 0.164 e. The van der Waals surface area contributed by atoms with Crippen LogP contribution in [-0.2, 0) is 0 Å². The highest BCUT2D eigenvalue weighted by Crippen LogP contribution is 2.29. The summed E-state index contributed by atoms with van der Waals surface area (Å²) < 4.78 is 3.26. The topological polar surface area (TPSA) is 130 Å². The van der Waals surface area contributed by atoms with Crippen LogP contribution in [0.1, 0.15) is 32.4 Å². The summed E-state index contributed by atoms with van der Waals surface area (Å²) in [7, 11) is 0. The largest absolute Gasteiger partial charge is 0.394 e. The van der Waals surface area contributed by atoms with Gasteiger partial charge in [-0.05, 0) is 26.8 Å². The van der Waals surface area contributed by atoms with Crippen LogP contribution in [0.3, 0.4) is 0 Å². The molecule has 4 aromatic rings. The third kappa shape index (κ3) is 3.58. The highest BCUT2D eigenvalue weighted by Gasteiger charge is 2.16. The Balaban J connectivity index is 1.79. The number of nitriles is 1. The van der Waals surface area contributed by atoms with E-state index in [1.54, 1.807) is 34.0 Å². The lowest BCUT2D eigenvalue weighted by Crippen LogP contribution is -2.12. The molecule has 4 rings (SSSR count). The van der Waals surface area contributed by atoms with E-state index < -0.39 is 0 Å². The minimum Gasteiger partial charge on any atom is -0.394 e. The number of fused-ring (bicyclic) bond motifs is 1. The van der Waals surface area contributed by atoms with Gasteiger partial charge < -0.3 is 10.4 Å². The Labute approximate surface area is 172 Å². The van der Waals surface area contributed by atoms with E-state index in [0.717, 1.165) is 16.6 Å². The molecule has 1 atom stereocenters. The summed E-state index contributed by atoms with van der Waals surface area (Å²) in [5, 5.41) is 35.4. The molecule has 0 aromatic carbocycles. The fourth-order valence-electron chi connectivity index (χ4n) is 3.04. The van der Waals surface area contributed by atoms with E-state index in [-0.39, 0.29) is 18.7 Å². The third-order valence-electron chi connectivity index (χ3n) is 4.59. The summed E-state index contributed by atoms with van der Waals surface area (Å²) in [6.45, 7) is 5.93.